The number of nitrogens with one attached hydrogen (secondary N) is 1. The number of hydrogen-bond acceptors (Lipinski definition) is 2. The maximum absolute atomic E-state index is 11.0. The zero-order valence-corrected chi connectivity index (χ0v) is 12.5. The van der Waals surface area contributed by atoms with Crippen molar-refractivity contribution >= 4 is 43.5 Å². The molecule has 0 unspecified atom stereocenters. The zero-order chi connectivity index (χ0) is 12.3. The maximum Gasteiger partial charge on any atom is 0.221 e. The average molecular weight is 351 g/mol. The van der Waals surface area contributed by atoms with Crippen molar-refractivity contribution in [1.82, 2.24) is 0 Å². The fourth-order valence-corrected chi connectivity index (χ4v) is 2.35. The van der Waals surface area contributed by atoms with Crippen LogP contribution in [0.15, 0.2) is 21.1 Å². The molecule has 0 saturated heterocycles. The molecule has 5 heteroatoms. The quantitative estimate of drug-likeness (QED) is 0.896. The Hall–Kier alpha value is -0.550. The minimum absolute atomic E-state index is 0.0858. The average Bonchev–Trinajstić information content (AvgIpc) is 2.11. The number of anilines is 1. The first-order valence-electron chi connectivity index (χ1n) is 4.83. The van der Waals surface area contributed by atoms with E-state index in [4.69, 9.17) is 4.74 Å². The lowest BCUT2D eigenvalue weighted by atomic mass is 10.3. The van der Waals surface area contributed by atoms with Gasteiger partial charge in [0.25, 0.3) is 0 Å². The maximum atomic E-state index is 11.0. The normalized spacial score (nSPS) is 10.4. The van der Waals surface area contributed by atoms with Gasteiger partial charge in [0.1, 0.15) is 5.75 Å². The predicted molar refractivity (Wildman–Crippen MR) is 71.9 cm³/mol. The molecule has 1 aromatic rings. The Morgan fingerprint density at radius 1 is 1.31 bits per heavy atom. The third-order valence-corrected chi connectivity index (χ3v) is 2.97. The lowest BCUT2D eigenvalue weighted by molar-refractivity contribution is -0.114. The van der Waals surface area contributed by atoms with E-state index in [1.54, 1.807) is 6.07 Å². The molecule has 0 spiro atoms. The van der Waals surface area contributed by atoms with Crippen molar-refractivity contribution < 1.29 is 9.53 Å². The molecule has 0 atom stereocenters. The summed E-state index contributed by atoms with van der Waals surface area (Å²) in [5, 5.41) is 2.73. The number of benzene rings is 1. The summed E-state index contributed by atoms with van der Waals surface area (Å²) in [5.41, 5.74) is 0.700. The summed E-state index contributed by atoms with van der Waals surface area (Å²) in [7, 11) is 0. The molecule has 0 bridgehead atoms. The highest BCUT2D eigenvalue weighted by Crippen LogP contribution is 2.35. The Morgan fingerprint density at radius 2 is 1.94 bits per heavy atom. The largest absolute Gasteiger partial charge is 0.490 e. The van der Waals surface area contributed by atoms with E-state index in [0.29, 0.717) is 11.4 Å². The van der Waals surface area contributed by atoms with Crippen LogP contribution < -0.4 is 10.1 Å². The zero-order valence-electron chi connectivity index (χ0n) is 9.30. The van der Waals surface area contributed by atoms with Crippen molar-refractivity contribution in [2.45, 2.75) is 26.9 Å². The van der Waals surface area contributed by atoms with Crippen molar-refractivity contribution in [3.63, 3.8) is 0 Å². The van der Waals surface area contributed by atoms with Gasteiger partial charge in [0.05, 0.1) is 16.3 Å². The number of carbonyl (C=O) groups is 1. The van der Waals surface area contributed by atoms with Crippen LogP contribution in [0.2, 0.25) is 0 Å². The number of hydrogen-bond donors (Lipinski definition) is 1. The number of amides is 1. The minimum Gasteiger partial charge on any atom is -0.490 e. The van der Waals surface area contributed by atoms with Gasteiger partial charge in [-0.1, -0.05) is 0 Å². The smallest absolute Gasteiger partial charge is 0.221 e. The summed E-state index contributed by atoms with van der Waals surface area (Å²) in [6, 6.07) is 3.64. The molecule has 16 heavy (non-hydrogen) atoms. The summed E-state index contributed by atoms with van der Waals surface area (Å²) >= 11 is 6.78. The van der Waals surface area contributed by atoms with Gasteiger partial charge in [-0.05, 0) is 51.8 Å². The number of halogens is 2. The Morgan fingerprint density at radius 3 is 2.44 bits per heavy atom. The molecular formula is C11H13Br2NO2. The minimum atomic E-state index is -0.112. The molecule has 0 aromatic heterocycles. The van der Waals surface area contributed by atoms with Gasteiger partial charge in [0.15, 0.2) is 0 Å². The van der Waals surface area contributed by atoms with E-state index in [1.807, 2.05) is 19.9 Å². The molecule has 1 amide bonds. The van der Waals surface area contributed by atoms with Crippen LogP contribution in [0.25, 0.3) is 0 Å². The molecule has 0 radical (unpaired) electrons. The van der Waals surface area contributed by atoms with Crippen molar-refractivity contribution in [2.75, 3.05) is 5.32 Å². The van der Waals surface area contributed by atoms with Crippen molar-refractivity contribution in [1.29, 1.82) is 0 Å². The molecular weight excluding hydrogens is 338 g/mol. The van der Waals surface area contributed by atoms with Crippen molar-refractivity contribution in [3.05, 3.63) is 21.1 Å². The third-order valence-electron chi connectivity index (χ3n) is 1.69. The van der Waals surface area contributed by atoms with Crippen LogP contribution in [0.3, 0.4) is 0 Å². The summed E-state index contributed by atoms with van der Waals surface area (Å²) < 4.78 is 7.26. The Balaban J connectivity index is 3.05. The van der Waals surface area contributed by atoms with Gasteiger partial charge in [0.2, 0.25) is 5.91 Å². The van der Waals surface area contributed by atoms with Gasteiger partial charge in [0, 0.05) is 17.5 Å². The lowest BCUT2D eigenvalue weighted by Crippen LogP contribution is -2.09. The molecule has 88 valence electrons. The molecule has 0 fully saturated rings. The summed E-state index contributed by atoms with van der Waals surface area (Å²) in [4.78, 5) is 11.0. The molecule has 0 heterocycles. The molecule has 1 N–H and O–H groups in total. The van der Waals surface area contributed by atoms with Gasteiger partial charge in [-0.2, -0.15) is 0 Å². The predicted octanol–water partition coefficient (Wildman–Crippen LogP) is 3.96. The van der Waals surface area contributed by atoms with Gasteiger partial charge in [-0.25, -0.2) is 0 Å². The highest BCUT2D eigenvalue weighted by atomic mass is 79.9. The second kappa shape index (κ2) is 5.68. The fraction of sp³-hybridized carbons (Fsp3) is 0.364. The molecule has 1 rings (SSSR count). The van der Waals surface area contributed by atoms with E-state index in [1.165, 1.54) is 6.92 Å². The SMILES string of the molecule is CC(=O)Nc1cc(OC(C)C)c(Br)cc1Br. The van der Waals surface area contributed by atoms with Crippen LogP contribution in [0.4, 0.5) is 5.69 Å². The molecule has 0 aliphatic heterocycles. The number of rotatable bonds is 3. The van der Waals surface area contributed by atoms with E-state index >= 15 is 0 Å². The van der Waals surface area contributed by atoms with Crippen LogP contribution in [0.5, 0.6) is 5.75 Å². The Labute approximate surface area is 112 Å². The second-order valence-electron chi connectivity index (χ2n) is 3.61. The molecule has 0 aliphatic rings. The molecule has 1 aromatic carbocycles. The summed E-state index contributed by atoms with van der Waals surface area (Å²) in [6.45, 7) is 5.37. The lowest BCUT2D eigenvalue weighted by Gasteiger charge is -2.14. The molecule has 0 saturated carbocycles. The van der Waals surface area contributed by atoms with E-state index in [2.05, 4.69) is 37.2 Å². The topological polar surface area (TPSA) is 38.3 Å². The first kappa shape index (κ1) is 13.5. The van der Waals surface area contributed by atoms with Gasteiger partial charge >= 0.3 is 0 Å². The highest BCUT2D eigenvalue weighted by molar-refractivity contribution is 9.11. The Bertz CT molecular complexity index is 405. The summed E-state index contributed by atoms with van der Waals surface area (Å²) in [5.74, 6) is 0.598. The molecule has 0 aliphatic carbocycles. The number of ether oxygens (including phenoxy) is 1. The van der Waals surface area contributed by atoms with Crippen LogP contribution in [-0.2, 0) is 4.79 Å². The first-order chi connectivity index (χ1) is 7.40. The van der Waals surface area contributed by atoms with E-state index in [-0.39, 0.29) is 12.0 Å². The first-order valence-corrected chi connectivity index (χ1v) is 6.42. The fourth-order valence-electron chi connectivity index (χ4n) is 1.16. The Kier molecular flexibility index (Phi) is 4.80. The van der Waals surface area contributed by atoms with Gasteiger partial charge in [-0.15, -0.1) is 0 Å². The summed E-state index contributed by atoms with van der Waals surface area (Å²) in [6.07, 6.45) is 0.0858. The van der Waals surface area contributed by atoms with Crippen molar-refractivity contribution in [3.8, 4) is 5.75 Å². The molecule has 3 nitrogen and oxygen atoms in total. The second-order valence-corrected chi connectivity index (χ2v) is 5.32. The number of carbonyl (C=O) groups excluding carboxylic acids is 1. The monoisotopic (exact) mass is 349 g/mol. The van der Waals surface area contributed by atoms with Crippen molar-refractivity contribution in [2.24, 2.45) is 0 Å². The van der Waals surface area contributed by atoms with Gasteiger partial charge in [-0.3, -0.25) is 4.79 Å². The van der Waals surface area contributed by atoms with Gasteiger partial charge < -0.3 is 10.1 Å². The van der Waals surface area contributed by atoms with Crippen LogP contribution >= 0.6 is 31.9 Å². The van der Waals surface area contributed by atoms with Crippen LogP contribution in [0.1, 0.15) is 20.8 Å². The van der Waals surface area contributed by atoms with Crippen LogP contribution in [0, 0.1) is 0 Å². The third kappa shape index (κ3) is 3.79. The van der Waals surface area contributed by atoms with E-state index in [0.717, 1.165) is 8.95 Å². The van der Waals surface area contributed by atoms with Crippen LogP contribution in [-0.4, -0.2) is 12.0 Å². The highest BCUT2D eigenvalue weighted by Gasteiger charge is 2.09. The van der Waals surface area contributed by atoms with E-state index < -0.39 is 0 Å². The standard InChI is InChI=1S/C11H13Br2NO2/c1-6(2)16-11-5-10(14-7(3)15)8(12)4-9(11)13/h4-6H,1-3H3,(H,14,15). The van der Waals surface area contributed by atoms with E-state index in [9.17, 15) is 4.79 Å².